The van der Waals surface area contributed by atoms with Gasteiger partial charge in [-0.15, -0.1) is 6.58 Å². The van der Waals surface area contributed by atoms with Crippen LogP contribution in [0.1, 0.15) is 54.5 Å². The summed E-state index contributed by atoms with van der Waals surface area (Å²) < 4.78 is 38.8. The van der Waals surface area contributed by atoms with Gasteiger partial charge in [0.1, 0.15) is 24.4 Å². The molecule has 1 aliphatic rings. The van der Waals surface area contributed by atoms with E-state index in [1.807, 2.05) is 103 Å². The van der Waals surface area contributed by atoms with E-state index in [2.05, 4.69) is 51.3 Å². The number of ether oxygens (including phenoxy) is 6. The summed E-state index contributed by atoms with van der Waals surface area (Å²) in [4.78, 5) is 0. The van der Waals surface area contributed by atoms with Crippen LogP contribution in [0.3, 0.4) is 0 Å². The van der Waals surface area contributed by atoms with E-state index in [0.717, 1.165) is 54.6 Å². The molecular formula is C50H60O7. The number of benzene rings is 4. The lowest BCUT2D eigenvalue weighted by atomic mass is 9.87. The minimum absolute atomic E-state index is 0.262. The minimum atomic E-state index is -1.52. The van der Waals surface area contributed by atoms with E-state index in [4.69, 9.17) is 28.4 Å². The SMILES string of the molecule is C=CCOCCCCc1ccc(C/C(C)=C(C)/C=C\C(=C)[C@]2(OC)O[C@H](CO)[C@@H](OCc3ccccc3)[C@H](OCc3ccccc3)[C@H]2OCc2ccccc2)cc1. The Morgan fingerprint density at radius 1 is 0.702 bits per heavy atom. The topological polar surface area (TPSA) is 75.6 Å². The number of hydrogen-bond donors (Lipinski definition) is 1. The number of allylic oxidation sites excluding steroid dienone is 3. The molecule has 1 aliphatic heterocycles. The fraction of sp³-hybridized carbons (Fsp3) is 0.360. The molecule has 5 atom stereocenters. The molecule has 302 valence electrons. The number of methoxy groups -OCH3 is 1. The highest BCUT2D eigenvalue weighted by molar-refractivity contribution is 5.36. The van der Waals surface area contributed by atoms with Crippen LogP contribution in [0, 0.1) is 0 Å². The van der Waals surface area contributed by atoms with Gasteiger partial charge in [-0.25, -0.2) is 0 Å². The number of unbranched alkanes of at least 4 members (excludes halogenated alkanes) is 1. The second-order valence-electron chi connectivity index (χ2n) is 14.6. The first-order chi connectivity index (χ1) is 27.9. The third-order valence-corrected chi connectivity index (χ3v) is 10.4. The Morgan fingerprint density at radius 2 is 1.25 bits per heavy atom. The summed E-state index contributed by atoms with van der Waals surface area (Å²) in [6.45, 7) is 14.3. The fourth-order valence-corrected chi connectivity index (χ4v) is 6.99. The summed E-state index contributed by atoms with van der Waals surface area (Å²) in [7, 11) is 1.58. The van der Waals surface area contributed by atoms with E-state index < -0.39 is 30.2 Å². The Kier molecular flexibility index (Phi) is 17.7. The highest BCUT2D eigenvalue weighted by atomic mass is 16.7. The van der Waals surface area contributed by atoms with E-state index in [1.165, 1.54) is 16.7 Å². The van der Waals surface area contributed by atoms with Crippen molar-refractivity contribution in [2.75, 3.05) is 26.9 Å². The third kappa shape index (κ3) is 12.8. The molecule has 0 aliphatic carbocycles. The van der Waals surface area contributed by atoms with E-state index in [9.17, 15) is 5.11 Å². The number of rotatable bonds is 23. The summed E-state index contributed by atoms with van der Waals surface area (Å²) in [5, 5.41) is 10.9. The van der Waals surface area contributed by atoms with Crippen molar-refractivity contribution in [1.29, 1.82) is 0 Å². The van der Waals surface area contributed by atoms with Gasteiger partial charge in [0.25, 0.3) is 0 Å². The zero-order valence-electron chi connectivity index (χ0n) is 33.9. The van der Waals surface area contributed by atoms with Gasteiger partial charge in [0.15, 0.2) is 0 Å². The Labute approximate surface area is 340 Å². The zero-order chi connectivity index (χ0) is 40.3. The molecule has 4 aromatic rings. The van der Waals surface area contributed by atoms with Crippen molar-refractivity contribution in [1.82, 2.24) is 0 Å². The fourth-order valence-electron chi connectivity index (χ4n) is 6.99. The van der Waals surface area contributed by atoms with Crippen molar-refractivity contribution >= 4 is 0 Å². The molecule has 0 aromatic heterocycles. The third-order valence-electron chi connectivity index (χ3n) is 10.4. The molecule has 5 rings (SSSR count). The molecule has 1 saturated heterocycles. The molecule has 1 fully saturated rings. The summed E-state index contributed by atoms with van der Waals surface area (Å²) in [5.41, 5.74) is 8.40. The Morgan fingerprint density at radius 3 is 1.79 bits per heavy atom. The Balaban J connectivity index is 1.39. The largest absolute Gasteiger partial charge is 0.394 e. The molecule has 0 saturated carbocycles. The lowest BCUT2D eigenvalue weighted by Gasteiger charge is -2.52. The second-order valence-corrected chi connectivity index (χ2v) is 14.6. The van der Waals surface area contributed by atoms with Crippen molar-refractivity contribution in [3.63, 3.8) is 0 Å². The molecule has 57 heavy (non-hydrogen) atoms. The minimum Gasteiger partial charge on any atom is -0.394 e. The molecule has 1 heterocycles. The van der Waals surface area contributed by atoms with Gasteiger partial charge in [-0.05, 0) is 67.3 Å². The molecule has 0 spiro atoms. The standard InChI is InChI=1S/C50H60O7/c1-6-31-53-32-17-16-18-41-27-29-42(30-28-41)33-39(3)38(2)25-26-40(4)50(52-5)49(56-37-45-23-14-9-15-24-45)48(55-36-44-21-12-8-13-22-44)47(46(34-51)57-50)54-35-43-19-10-7-11-20-43/h6-15,19-30,46-49,51H,1,4,16-18,31-37H2,2-3,5H3/b26-25-,39-38+/t46-,47-,48+,49-,50+/m1/s1. The molecule has 0 radical (unpaired) electrons. The van der Waals surface area contributed by atoms with Crippen LogP contribution in [-0.4, -0.2) is 62.2 Å². The molecule has 4 aromatic carbocycles. The summed E-state index contributed by atoms with van der Waals surface area (Å²) in [6.07, 6.45) is 6.66. The van der Waals surface area contributed by atoms with Gasteiger partial charge in [-0.1, -0.05) is 151 Å². The van der Waals surface area contributed by atoms with Crippen LogP contribution in [0.15, 0.2) is 163 Å². The number of aliphatic hydroxyl groups is 1. The van der Waals surface area contributed by atoms with Crippen molar-refractivity contribution < 1.29 is 33.5 Å². The van der Waals surface area contributed by atoms with E-state index in [-0.39, 0.29) is 19.8 Å². The van der Waals surface area contributed by atoms with E-state index in [1.54, 1.807) is 13.2 Å². The predicted octanol–water partition coefficient (Wildman–Crippen LogP) is 9.69. The summed E-state index contributed by atoms with van der Waals surface area (Å²) >= 11 is 0. The van der Waals surface area contributed by atoms with Gasteiger partial charge < -0.3 is 33.5 Å². The molecule has 7 nitrogen and oxygen atoms in total. The maximum absolute atomic E-state index is 10.9. The van der Waals surface area contributed by atoms with E-state index in [0.29, 0.717) is 18.8 Å². The average molecular weight is 773 g/mol. The smallest absolute Gasteiger partial charge is 0.224 e. The maximum atomic E-state index is 10.9. The molecular weight excluding hydrogens is 713 g/mol. The van der Waals surface area contributed by atoms with Crippen molar-refractivity contribution in [3.8, 4) is 0 Å². The van der Waals surface area contributed by atoms with Crippen molar-refractivity contribution in [3.05, 3.63) is 191 Å². The van der Waals surface area contributed by atoms with E-state index >= 15 is 0 Å². The predicted molar refractivity (Wildman–Crippen MR) is 228 cm³/mol. The van der Waals surface area contributed by atoms with Crippen molar-refractivity contribution in [2.24, 2.45) is 0 Å². The van der Waals surface area contributed by atoms with Gasteiger partial charge in [0, 0.05) is 19.3 Å². The molecule has 1 N–H and O–H groups in total. The van der Waals surface area contributed by atoms with Gasteiger partial charge in [0.05, 0.1) is 33.0 Å². The van der Waals surface area contributed by atoms with Gasteiger partial charge in [-0.3, -0.25) is 0 Å². The molecule has 0 amide bonds. The highest BCUT2D eigenvalue weighted by Gasteiger charge is 2.58. The van der Waals surface area contributed by atoms with Crippen LogP contribution in [-0.2, 0) is 61.1 Å². The molecule has 7 heteroatoms. The Hall–Kier alpha value is -4.44. The van der Waals surface area contributed by atoms with Gasteiger partial charge >= 0.3 is 0 Å². The van der Waals surface area contributed by atoms with Gasteiger partial charge in [0.2, 0.25) is 5.79 Å². The van der Waals surface area contributed by atoms with Crippen LogP contribution in [0.4, 0.5) is 0 Å². The number of aliphatic hydroxyl groups excluding tert-OH is 1. The average Bonchev–Trinajstić information content (AvgIpc) is 3.25. The normalized spacial score (nSPS) is 21.3. The van der Waals surface area contributed by atoms with Crippen LogP contribution < -0.4 is 0 Å². The zero-order valence-corrected chi connectivity index (χ0v) is 33.9. The molecule has 0 unspecified atom stereocenters. The monoisotopic (exact) mass is 772 g/mol. The van der Waals surface area contributed by atoms with Crippen LogP contribution in [0.25, 0.3) is 0 Å². The van der Waals surface area contributed by atoms with Crippen LogP contribution in [0.2, 0.25) is 0 Å². The number of hydrogen-bond acceptors (Lipinski definition) is 7. The first kappa shape index (κ1) is 43.7. The lowest BCUT2D eigenvalue weighted by molar-refractivity contribution is -0.360. The lowest BCUT2D eigenvalue weighted by Crippen LogP contribution is -2.68. The van der Waals surface area contributed by atoms with Crippen molar-refractivity contribution in [2.45, 2.75) is 89.6 Å². The summed E-state index contributed by atoms with van der Waals surface area (Å²) in [6, 6.07) is 38.7. The van der Waals surface area contributed by atoms with Crippen LogP contribution >= 0.6 is 0 Å². The first-order valence-electron chi connectivity index (χ1n) is 20.0. The highest BCUT2D eigenvalue weighted by Crippen LogP contribution is 2.41. The maximum Gasteiger partial charge on any atom is 0.224 e. The first-order valence-corrected chi connectivity index (χ1v) is 20.0. The quantitative estimate of drug-likeness (QED) is 0.0457. The summed E-state index contributed by atoms with van der Waals surface area (Å²) in [5.74, 6) is -1.52. The second kappa shape index (κ2) is 23.1. The molecule has 0 bridgehead atoms. The number of aryl methyl sites for hydroxylation is 1. The van der Waals surface area contributed by atoms with Gasteiger partial charge in [-0.2, -0.15) is 0 Å². The Bertz CT molecular complexity index is 1840. The van der Waals surface area contributed by atoms with Crippen LogP contribution in [0.5, 0.6) is 0 Å².